The fourth-order valence-corrected chi connectivity index (χ4v) is 5.14. The van der Waals surface area contributed by atoms with Gasteiger partial charge in [0.15, 0.2) is 0 Å². The molecule has 4 bridgehead atoms. The van der Waals surface area contributed by atoms with Crippen molar-refractivity contribution in [1.29, 1.82) is 0 Å². The summed E-state index contributed by atoms with van der Waals surface area (Å²) in [4.78, 5) is 0. The summed E-state index contributed by atoms with van der Waals surface area (Å²) in [6.45, 7) is 6.57. The van der Waals surface area contributed by atoms with E-state index in [1.54, 1.807) is 6.42 Å². The van der Waals surface area contributed by atoms with Gasteiger partial charge >= 0.3 is 0 Å². The molecule has 104 valence electrons. The van der Waals surface area contributed by atoms with Gasteiger partial charge in [-0.25, -0.2) is 0 Å². The van der Waals surface area contributed by atoms with Gasteiger partial charge in [0.25, 0.3) is 0 Å². The van der Waals surface area contributed by atoms with Crippen molar-refractivity contribution in [2.45, 2.75) is 52.0 Å². The summed E-state index contributed by atoms with van der Waals surface area (Å²) >= 11 is 0. The number of hydrogen-bond acceptors (Lipinski definition) is 2. The van der Waals surface area contributed by atoms with Gasteiger partial charge in [-0.2, -0.15) is 0 Å². The average molecular weight is 250 g/mol. The lowest BCUT2D eigenvalue weighted by atomic mass is 9.54. The molecule has 4 aliphatic rings. The lowest BCUT2D eigenvalue weighted by Crippen LogP contribution is -2.55. The normalized spacial score (nSPS) is 43.7. The fourth-order valence-electron chi connectivity index (χ4n) is 5.14. The van der Waals surface area contributed by atoms with Crippen molar-refractivity contribution >= 4 is 0 Å². The molecule has 18 heavy (non-hydrogen) atoms. The number of nitrogens with one attached hydrogen (secondary N) is 1. The van der Waals surface area contributed by atoms with Crippen LogP contribution in [-0.4, -0.2) is 19.1 Å². The van der Waals surface area contributed by atoms with E-state index in [1.807, 2.05) is 0 Å². The van der Waals surface area contributed by atoms with E-state index in [0.29, 0.717) is 11.8 Å². The molecule has 0 spiro atoms. The van der Waals surface area contributed by atoms with E-state index >= 15 is 0 Å². The molecule has 4 rings (SSSR count). The Hall–Kier alpha value is -0.0800. The molecular weight excluding hydrogens is 220 g/mol. The summed E-state index contributed by atoms with van der Waals surface area (Å²) in [5, 5.41) is 3.92. The molecule has 1 unspecified atom stereocenters. The van der Waals surface area contributed by atoms with Gasteiger partial charge in [0.2, 0.25) is 0 Å². The first-order chi connectivity index (χ1) is 8.67. The van der Waals surface area contributed by atoms with Crippen LogP contribution in [0.5, 0.6) is 0 Å². The molecule has 0 amide bonds. The van der Waals surface area contributed by atoms with Crippen molar-refractivity contribution in [2.24, 2.45) is 41.2 Å². The maximum atomic E-state index is 5.89. The van der Waals surface area contributed by atoms with Crippen molar-refractivity contribution in [3.63, 3.8) is 0 Å². The predicted octanol–water partition coefficient (Wildman–Crippen LogP) is 2.63. The minimum absolute atomic E-state index is 0.655. The van der Waals surface area contributed by atoms with Gasteiger partial charge in [-0.15, -0.1) is 0 Å². The van der Waals surface area contributed by atoms with Crippen LogP contribution in [-0.2, 0) is 0 Å². The third-order valence-corrected chi connectivity index (χ3v) is 6.09. The van der Waals surface area contributed by atoms with Crippen molar-refractivity contribution in [2.75, 3.05) is 13.1 Å². The molecule has 0 aromatic rings. The summed E-state index contributed by atoms with van der Waals surface area (Å²) in [7, 11) is 0. The second-order valence-corrected chi connectivity index (χ2v) is 7.60. The highest BCUT2D eigenvalue weighted by Gasteiger charge is 2.47. The molecule has 0 radical (unpaired) electrons. The van der Waals surface area contributed by atoms with Crippen molar-refractivity contribution in [3.8, 4) is 0 Å². The first kappa shape index (κ1) is 12.9. The SMILES string of the molecule is CC(C)C(CN)CNC1C2CC3CC(C2)CC1C3. The highest BCUT2D eigenvalue weighted by atomic mass is 14.9. The highest BCUT2D eigenvalue weighted by Crippen LogP contribution is 2.53. The molecule has 2 heteroatoms. The zero-order chi connectivity index (χ0) is 12.7. The Morgan fingerprint density at radius 1 is 1.00 bits per heavy atom. The van der Waals surface area contributed by atoms with Crippen LogP contribution in [0.2, 0.25) is 0 Å². The van der Waals surface area contributed by atoms with Gasteiger partial charge < -0.3 is 11.1 Å². The molecule has 0 aliphatic heterocycles. The Bertz CT molecular complexity index is 259. The van der Waals surface area contributed by atoms with Gasteiger partial charge in [-0.05, 0) is 80.7 Å². The quantitative estimate of drug-likeness (QED) is 0.787. The maximum Gasteiger partial charge on any atom is 0.0124 e. The summed E-state index contributed by atoms with van der Waals surface area (Å²) < 4.78 is 0. The maximum absolute atomic E-state index is 5.89. The number of nitrogens with two attached hydrogens (primary N) is 1. The van der Waals surface area contributed by atoms with Gasteiger partial charge in [-0.3, -0.25) is 0 Å². The summed E-state index contributed by atoms with van der Waals surface area (Å²) in [6, 6.07) is 0.825. The van der Waals surface area contributed by atoms with Gasteiger partial charge in [-0.1, -0.05) is 13.8 Å². The molecule has 4 aliphatic carbocycles. The largest absolute Gasteiger partial charge is 0.330 e. The van der Waals surface area contributed by atoms with Crippen LogP contribution in [0.1, 0.15) is 46.0 Å². The molecule has 0 heterocycles. The van der Waals surface area contributed by atoms with E-state index in [2.05, 4.69) is 19.2 Å². The van der Waals surface area contributed by atoms with Crippen molar-refractivity contribution < 1.29 is 0 Å². The summed E-state index contributed by atoms with van der Waals surface area (Å²) in [5.41, 5.74) is 5.89. The van der Waals surface area contributed by atoms with E-state index in [-0.39, 0.29) is 0 Å². The monoisotopic (exact) mass is 250 g/mol. The second kappa shape index (κ2) is 5.13. The predicted molar refractivity (Wildman–Crippen MR) is 76.2 cm³/mol. The molecular formula is C16H30N2. The molecule has 2 nitrogen and oxygen atoms in total. The Morgan fingerprint density at radius 3 is 2.00 bits per heavy atom. The van der Waals surface area contributed by atoms with Crippen LogP contribution in [0, 0.1) is 35.5 Å². The summed E-state index contributed by atoms with van der Waals surface area (Å²) in [5.74, 6) is 5.52. The van der Waals surface area contributed by atoms with Crippen LogP contribution in [0.25, 0.3) is 0 Å². The van der Waals surface area contributed by atoms with Crippen LogP contribution in [0.4, 0.5) is 0 Å². The van der Waals surface area contributed by atoms with E-state index in [0.717, 1.165) is 42.8 Å². The van der Waals surface area contributed by atoms with E-state index < -0.39 is 0 Å². The molecule has 4 fully saturated rings. The van der Waals surface area contributed by atoms with Gasteiger partial charge in [0.1, 0.15) is 0 Å². The van der Waals surface area contributed by atoms with Crippen LogP contribution in [0.15, 0.2) is 0 Å². The number of hydrogen-bond donors (Lipinski definition) is 2. The first-order valence-electron chi connectivity index (χ1n) is 8.10. The van der Waals surface area contributed by atoms with E-state index in [9.17, 15) is 0 Å². The Morgan fingerprint density at radius 2 is 1.56 bits per heavy atom. The third kappa shape index (κ3) is 2.34. The lowest BCUT2D eigenvalue weighted by molar-refractivity contribution is -0.0152. The minimum atomic E-state index is 0.655. The Labute approximate surface area is 112 Å². The molecule has 0 aromatic carbocycles. The van der Waals surface area contributed by atoms with Crippen LogP contribution in [0.3, 0.4) is 0 Å². The third-order valence-electron chi connectivity index (χ3n) is 6.09. The molecule has 3 N–H and O–H groups in total. The van der Waals surface area contributed by atoms with Crippen LogP contribution < -0.4 is 11.1 Å². The standard InChI is InChI=1S/C16H30N2/c1-10(2)15(8-17)9-18-16-13-4-11-3-12(6-13)7-14(16)5-11/h10-16,18H,3-9,17H2,1-2H3. The topological polar surface area (TPSA) is 38.0 Å². The van der Waals surface area contributed by atoms with Gasteiger partial charge in [0.05, 0.1) is 0 Å². The highest BCUT2D eigenvalue weighted by molar-refractivity contribution is 5.01. The molecule has 0 saturated heterocycles. The number of rotatable bonds is 5. The van der Waals surface area contributed by atoms with Crippen molar-refractivity contribution in [3.05, 3.63) is 0 Å². The van der Waals surface area contributed by atoms with Crippen molar-refractivity contribution in [1.82, 2.24) is 5.32 Å². The van der Waals surface area contributed by atoms with Crippen LogP contribution >= 0.6 is 0 Å². The Kier molecular flexibility index (Phi) is 3.68. The zero-order valence-electron chi connectivity index (χ0n) is 12.1. The zero-order valence-corrected chi connectivity index (χ0v) is 12.1. The Balaban J connectivity index is 1.57. The van der Waals surface area contributed by atoms with Gasteiger partial charge in [0, 0.05) is 6.04 Å². The molecule has 1 atom stereocenters. The second-order valence-electron chi connectivity index (χ2n) is 7.60. The smallest absolute Gasteiger partial charge is 0.0124 e. The molecule has 0 aromatic heterocycles. The summed E-state index contributed by atoms with van der Waals surface area (Å²) in [6.07, 6.45) is 7.61. The average Bonchev–Trinajstić information content (AvgIpc) is 2.31. The fraction of sp³-hybridized carbons (Fsp3) is 1.00. The molecule has 4 saturated carbocycles. The van der Waals surface area contributed by atoms with E-state index in [1.165, 1.54) is 25.7 Å². The van der Waals surface area contributed by atoms with E-state index in [4.69, 9.17) is 5.73 Å². The lowest BCUT2D eigenvalue weighted by Gasteiger charge is -2.55. The minimum Gasteiger partial charge on any atom is -0.330 e. The first-order valence-corrected chi connectivity index (χ1v) is 8.10.